The van der Waals surface area contributed by atoms with E-state index in [4.69, 9.17) is 0 Å². The first-order valence-corrected chi connectivity index (χ1v) is 10.3. The molecule has 5 nitrogen and oxygen atoms in total. The number of nitrogens with zero attached hydrogens (tertiary/aromatic N) is 3. The monoisotopic (exact) mass is 541 g/mol. The van der Waals surface area contributed by atoms with Gasteiger partial charge in [0.1, 0.15) is 0 Å². The van der Waals surface area contributed by atoms with Crippen LogP contribution in [0.15, 0.2) is 29.3 Å². The maximum absolute atomic E-state index is 12.9. The van der Waals surface area contributed by atoms with Crippen LogP contribution in [0.5, 0.6) is 0 Å². The number of nitrogens with one attached hydrogen (secondary N) is 2. The third kappa shape index (κ3) is 8.58. The van der Waals surface area contributed by atoms with E-state index in [0.717, 1.165) is 44.9 Å². The van der Waals surface area contributed by atoms with Crippen LogP contribution in [0.2, 0.25) is 0 Å². The van der Waals surface area contributed by atoms with Gasteiger partial charge in [0.2, 0.25) is 0 Å². The summed E-state index contributed by atoms with van der Waals surface area (Å²) in [7, 11) is 2.14. The Labute approximate surface area is 195 Å². The van der Waals surface area contributed by atoms with E-state index in [0.29, 0.717) is 30.0 Å². The number of likely N-dealkylation sites (N-methyl/N-ethyl adjacent to an activating group) is 1. The lowest BCUT2D eigenvalue weighted by Gasteiger charge is -2.40. The molecule has 1 fully saturated rings. The number of rotatable bonds is 7. The normalized spacial score (nSPS) is 17.5. The number of guanidine groups is 1. The van der Waals surface area contributed by atoms with E-state index >= 15 is 0 Å². The molecule has 30 heavy (non-hydrogen) atoms. The fraction of sp³-hybridized carbons (Fsp3) is 0.667. The first kappa shape index (κ1) is 27.0. The van der Waals surface area contributed by atoms with Gasteiger partial charge >= 0.3 is 6.18 Å². The molecule has 0 radical (unpaired) electrons. The van der Waals surface area contributed by atoms with Crippen molar-refractivity contribution in [2.75, 3.05) is 46.3 Å². The Bertz CT molecular complexity index is 658. The van der Waals surface area contributed by atoms with Gasteiger partial charge in [0.05, 0.1) is 12.1 Å². The fourth-order valence-corrected chi connectivity index (χ4v) is 3.50. The van der Waals surface area contributed by atoms with Gasteiger partial charge in [0, 0.05) is 45.3 Å². The molecule has 2 rings (SSSR count). The number of hydrogen-bond acceptors (Lipinski definition) is 3. The van der Waals surface area contributed by atoms with Gasteiger partial charge in [-0.25, -0.2) is 4.99 Å². The molecule has 1 heterocycles. The number of hydrogen-bond donors (Lipinski definition) is 2. The zero-order valence-corrected chi connectivity index (χ0v) is 20.6. The summed E-state index contributed by atoms with van der Waals surface area (Å²) >= 11 is 0. The molecule has 0 bridgehead atoms. The number of alkyl halides is 3. The molecule has 1 aliphatic heterocycles. The van der Waals surface area contributed by atoms with Crippen molar-refractivity contribution in [2.45, 2.75) is 39.5 Å². The maximum atomic E-state index is 12.9. The van der Waals surface area contributed by atoms with Crippen molar-refractivity contribution in [2.24, 2.45) is 10.9 Å². The first-order valence-electron chi connectivity index (χ1n) is 10.3. The van der Waals surface area contributed by atoms with E-state index in [-0.39, 0.29) is 30.5 Å². The van der Waals surface area contributed by atoms with E-state index in [1.54, 1.807) is 6.07 Å². The van der Waals surface area contributed by atoms with Crippen molar-refractivity contribution in [3.63, 3.8) is 0 Å². The van der Waals surface area contributed by atoms with Gasteiger partial charge < -0.3 is 15.5 Å². The third-order valence-electron chi connectivity index (χ3n) is 5.27. The Kier molecular flexibility index (Phi) is 11.4. The maximum Gasteiger partial charge on any atom is 0.416 e. The topological polar surface area (TPSA) is 42.9 Å². The Balaban J connectivity index is 0.00000450. The molecule has 0 aliphatic carbocycles. The van der Waals surface area contributed by atoms with Crippen molar-refractivity contribution in [1.82, 2.24) is 20.4 Å². The van der Waals surface area contributed by atoms with Crippen LogP contribution in [0.4, 0.5) is 13.2 Å². The number of halogens is 4. The van der Waals surface area contributed by atoms with Crippen molar-refractivity contribution < 1.29 is 13.2 Å². The van der Waals surface area contributed by atoms with Crippen molar-refractivity contribution in [3.8, 4) is 0 Å². The summed E-state index contributed by atoms with van der Waals surface area (Å²) in [6, 6.07) is 5.72. The second kappa shape index (κ2) is 12.7. The quantitative estimate of drug-likeness (QED) is 0.315. The molecule has 1 atom stereocenters. The molecule has 0 aromatic heterocycles. The summed E-state index contributed by atoms with van der Waals surface area (Å²) in [6.45, 7) is 12.2. The van der Waals surface area contributed by atoms with Crippen LogP contribution in [0.25, 0.3) is 0 Å². The molecule has 1 saturated heterocycles. The average Bonchev–Trinajstić information content (AvgIpc) is 2.67. The second-order valence-corrected chi connectivity index (χ2v) is 7.92. The molecular weight excluding hydrogens is 506 g/mol. The molecule has 172 valence electrons. The van der Waals surface area contributed by atoms with Gasteiger partial charge in [-0.15, -0.1) is 24.0 Å². The molecule has 0 amide bonds. The van der Waals surface area contributed by atoms with Gasteiger partial charge in [0.15, 0.2) is 5.96 Å². The van der Waals surface area contributed by atoms with E-state index in [1.807, 2.05) is 6.92 Å². The Morgan fingerprint density at radius 2 is 1.80 bits per heavy atom. The van der Waals surface area contributed by atoms with Gasteiger partial charge in [-0.1, -0.05) is 26.0 Å². The summed E-state index contributed by atoms with van der Waals surface area (Å²) in [5, 5.41) is 6.58. The van der Waals surface area contributed by atoms with Crippen LogP contribution in [0, 0.1) is 5.92 Å². The standard InChI is InChI=1S/C21H34F3N5.HI/c1-5-25-20(26-14-17-7-6-8-18(13-17)21(22,23)24)27-15-19(16(2)3)29-11-9-28(4)10-12-29;/h6-8,13,16,19H,5,9-12,14-15H2,1-4H3,(H2,25,26,27);1H. The highest BCUT2D eigenvalue weighted by Crippen LogP contribution is 2.29. The van der Waals surface area contributed by atoms with Crippen molar-refractivity contribution >= 4 is 29.9 Å². The second-order valence-electron chi connectivity index (χ2n) is 7.92. The van der Waals surface area contributed by atoms with Crippen LogP contribution in [0.3, 0.4) is 0 Å². The van der Waals surface area contributed by atoms with Crippen LogP contribution in [0.1, 0.15) is 31.9 Å². The summed E-state index contributed by atoms with van der Waals surface area (Å²) < 4.78 is 38.7. The zero-order chi connectivity index (χ0) is 21.4. The fourth-order valence-electron chi connectivity index (χ4n) is 3.50. The molecule has 2 N–H and O–H groups in total. The molecule has 1 aromatic carbocycles. The lowest BCUT2D eigenvalue weighted by Crippen LogP contribution is -2.55. The number of aliphatic imine (C=N–C) groups is 1. The van der Waals surface area contributed by atoms with Gasteiger partial charge in [-0.05, 0) is 37.6 Å². The van der Waals surface area contributed by atoms with Crippen LogP contribution in [-0.4, -0.2) is 68.1 Å². The van der Waals surface area contributed by atoms with E-state index in [1.165, 1.54) is 6.07 Å². The van der Waals surface area contributed by atoms with E-state index in [2.05, 4.69) is 46.3 Å². The minimum Gasteiger partial charge on any atom is -0.357 e. The highest BCUT2D eigenvalue weighted by atomic mass is 127. The summed E-state index contributed by atoms with van der Waals surface area (Å²) in [4.78, 5) is 9.34. The smallest absolute Gasteiger partial charge is 0.357 e. The van der Waals surface area contributed by atoms with Gasteiger partial charge in [-0.3, -0.25) is 4.90 Å². The van der Waals surface area contributed by atoms with E-state index < -0.39 is 11.7 Å². The molecule has 9 heteroatoms. The Morgan fingerprint density at radius 1 is 1.13 bits per heavy atom. The molecule has 1 unspecified atom stereocenters. The lowest BCUT2D eigenvalue weighted by molar-refractivity contribution is -0.137. The summed E-state index contributed by atoms with van der Waals surface area (Å²) in [6.07, 6.45) is -4.34. The first-order chi connectivity index (χ1) is 13.7. The highest BCUT2D eigenvalue weighted by molar-refractivity contribution is 14.0. The number of benzene rings is 1. The van der Waals surface area contributed by atoms with Crippen molar-refractivity contribution in [3.05, 3.63) is 35.4 Å². The average molecular weight is 541 g/mol. The van der Waals surface area contributed by atoms with E-state index in [9.17, 15) is 13.2 Å². The van der Waals surface area contributed by atoms with Gasteiger partial charge in [0.25, 0.3) is 0 Å². The molecule has 0 saturated carbocycles. The van der Waals surface area contributed by atoms with Crippen LogP contribution < -0.4 is 10.6 Å². The molecular formula is C21H35F3IN5. The largest absolute Gasteiger partial charge is 0.416 e. The third-order valence-corrected chi connectivity index (χ3v) is 5.27. The van der Waals surface area contributed by atoms with Crippen molar-refractivity contribution in [1.29, 1.82) is 0 Å². The number of piperazine rings is 1. The minimum atomic E-state index is -4.34. The van der Waals surface area contributed by atoms with Crippen LogP contribution in [-0.2, 0) is 12.7 Å². The predicted octanol–water partition coefficient (Wildman–Crippen LogP) is 3.65. The SMILES string of the molecule is CCNC(=NCc1cccc(C(F)(F)F)c1)NCC(C(C)C)N1CCN(C)CC1.I. The summed E-state index contributed by atoms with van der Waals surface area (Å²) in [5.74, 6) is 1.11. The molecule has 1 aliphatic rings. The Morgan fingerprint density at radius 3 is 2.37 bits per heavy atom. The molecule has 0 spiro atoms. The minimum absolute atomic E-state index is 0. The predicted molar refractivity (Wildman–Crippen MR) is 127 cm³/mol. The van der Waals surface area contributed by atoms with Crippen LogP contribution >= 0.6 is 24.0 Å². The van der Waals surface area contributed by atoms with Gasteiger partial charge in [-0.2, -0.15) is 13.2 Å². The Hall–Kier alpha value is -1.07. The highest BCUT2D eigenvalue weighted by Gasteiger charge is 2.30. The molecule has 1 aromatic rings. The summed E-state index contributed by atoms with van der Waals surface area (Å²) in [5.41, 5.74) is -0.102. The lowest BCUT2D eigenvalue weighted by atomic mass is 10.0. The zero-order valence-electron chi connectivity index (χ0n) is 18.3.